The zero-order valence-electron chi connectivity index (χ0n) is 14.2. The molecule has 0 aliphatic carbocycles. The largest absolute Gasteiger partial charge is 0.339 e. The fourth-order valence-corrected chi connectivity index (χ4v) is 3.23. The monoisotopic (exact) mass is 367 g/mol. The fourth-order valence-electron chi connectivity index (χ4n) is 2.37. The van der Waals surface area contributed by atoms with Gasteiger partial charge in [0.25, 0.3) is 0 Å². The van der Waals surface area contributed by atoms with Crippen molar-refractivity contribution in [3.63, 3.8) is 0 Å². The van der Waals surface area contributed by atoms with E-state index in [0.717, 1.165) is 16.9 Å². The first-order valence-corrected chi connectivity index (χ1v) is 8.97. The van der Waals surface area contributed by atoms with Crippen molar-refractivity contribution in [1.29, 1.82) is 5.26 Å². The standard InChI is InChI=1S/C18H17N5O2S/c1-12-21-17(25-23-12)4-2-3-16(24)22-18-20-11-15(26-18)9-13-5-7-14(10-19)8-6-13/h5-8,11H,2-4,9H2,1H3,(H,20,22,24). The van der Waals surface area contributed by atoms with Gasteiger partial charge in [-0.3, -0.25) is 4.79 Å². The molecule has 3 aromatic rings. The van der Waals surface area contributed by atoms with Crippen LogP contribution in [0, 0.1) is 18.3 Å². The number of hydrogen-bond donors (Lipinski definition) is 1. The predicted molar refractivity (Wildman–Crippen MR) is 96.7 cm³/mol. The summed E-state index contributed by atoms with van der Waals surface area (Å²) in [6.45, 7) is 1.76. The molecular weight excluding hydrogens is 350 g/mol. The van der Waals surface area contributed by atoms with Crippen LogP contribution < -0.4 is 5.32 Å². The Kier molecular flexibility index (Phi) is 5.71. The molecule has 0 saturated heterocycles. The summed E-state index contributed by atoms with van der Waals surface area (Å²) in [5, 5.41) is 15.9. The lowest BCUT2D eigenvalue weighted by Crippen LogP contribution is -2.11. The smallest absolute Gasteiger partial charge is 0.226 e. The molecule has 0 aliphatic rings. The van der Waals surface area contributed by atoms with Gasteiger partial charge in [-0.25, -0.2) is 4.98 Å². The SMILES string of the molecule is Cc1noc(CCCC(=O)Nc2ncc(Cc3ccc(C#N)cc3)s2)n1. The van der Waals surface area contributed by atoms with E-state index >= 15 is 0 Å². The molecule has 2 aromatic heterocycles. The van der Waals surface area contributed by atoms with Crippen LogP contribution in [0.25, 0.3) is 0 Å². The summed E-state index contributed by atoms with van der Waals surface area (Å²) in [6.07, 6.45) is 4.06. The average Bonchev–Trinajstić information content (AvgIpc) is 3.24. The minimum atomic E-state index is -0.0829. The van der Waals surface area contributed by atoms with Gasteiger partial charge in [0, 0.05) is 30.3 Å². The highest BCUT2D eigenvalue weighted by Crippen LogP contribution is 2.21. The van der Waals surface area contributed by atoms with Crippen molar-refractivity contribution in [2.75, 3.05) is 5.32 Å². The molecule has 0 fully saturated rings. The fraction of sp³-hybridized carbons (Fsp3) is 0.278. The lowest BCUT2D eigenvalue weighted by molar-refractivity contribution is -0.116. The first kappa shape index (κ1) is 17.8. The molecule has 0 radical (unpaired) electrons. The van der Waals surface area contributed by atoms with Gasteiger partial charge in [-0.2, -0.15) is 10.2 Å². The van der Waals surface area contributed by atoms with Crippen LogP contribution in [-0.4, -0.2) is 21.0 Å². The van der Waals surface area contributed by atoms with Crippen LogP contribution in [0.1, 0.15) is 40.6 Å². The van der Waals surface area contributed by atoms with Gasteiger partial charge in [-0.05, 0) is 31.0 Å². The summed E-state index contributed by atoms with van der Waals surface area (Å²) < 4.78 is 5.02. The van der Waals surface area contributed by atoms with Gasteiger partial charge in [0.15, 0.2) is 11.0 Å². The van der Waals surface area contributed by atoms with Gasteiger partial charge in [0.05, 0.1) is 11.6 Å². The molecule has 7 nitrogen and oxygen atoms in total. The van der Waals surface area contributed by atoms with Crippen molar-refractivity contribution in [2.45, 2.75) is 32.6 Å². The summed E-state index contributed by atoms with van der Waals surface area (Å²) >= 11 is 1.45. The Morgan fingerprint density at radius 2 is 2.15 bits per heavy atom. The maximum Gasteiger partial charge on any atom is 0.226 e. The number of aryl methyl sites for hydroxylation is 2. The molecule has 0 unspecified atom stereocenters. The molecule has 2 heterocycles. The molecule has 3 rings (SSSR count). The third kappa shape index (κ3) is 4.97. The second-order valence-electron chi connectivity index (χ2n) is 5.75. The number of anilines is 1. The van der Waals surface area contributed by atoms with Crippen molar-refractivity contribution in [3.8, 4) is 6.07 Å². The molecule has 0 atom stereocenters. The topological polar surface area (TPSA) is 105 Å². The van der Waals surface area contributed by atoms with Crippen molar-refractivity contribution in [2.24, 2.45) is 0 Å². The van der Waals surface area contributed by atoms with Crippen molar-refractivity contribution in [1.82, 2.24) is 15.1 Å². The number of nitrogens with one attached hydrogen (secondary N) is 1. The molecule has 1 N–H and O–H groups in total. The lowest BCUT2D eigenvalue weighted by Gasteiger charge is -2.00. The van der Waals surface area contributed by atoms with E-state index < -0.39 is 0 Å². The number of rotatable bonds is 7. The number of amides is 1. The van der Waals surface area contributed by atoms with Crippen LogP contribution in [0.3, 0.4) is 0 Å². The maximum atomic E-state index is 12.0. The molecule has 1 amide bonds. The minimum absolute atomic E-state index is 0.0829. The van der Waals surface area contributed by atoms with Crippen LogP contribution in [0.4, 0.5) is 5.13 Å². The van der Waals surface area contributed by atoms with E-state index in [4.69, 9.17) is 9.78 Å². The van der Waals surface area contributed by atoms with Gasteiger partial charge >= 0.3 is 0 Å². The zero-order valence-corrected chi connectivity index (χ0v) is 15.0. The van der Waals surface area contributed by atoms with E-state index in [2.05, 4.69) is 26.5 Å². The van der Waals surface area contributed by atoms with Crippen molar-refractivity contribution in [3.05, 3.63) is 58.2 Å². The third-order valence-corrected chi connectivity index (χ3v) is 4.54. The van der Waals surface area contributed by atoms with E-state index in [-0.39, 0.29) is 5.91 Å². The first-order chi connectivity index (χ1) is 12.6. The third-order valence-electron chi connectivity index (χ3n) is 3.63. The minimum Gasteiger partial charge on any atom is -0.339 e. The van der Waals surface area contributed by atoms with E-state index in [0.29, 0.717) is 41.7 Å². The quantitative estimate of drug-likeness (QED) is 0.687. The van der Waals surface area contributed by atoms with Crippen LogP contribution >= 0.6 is 11.3 Å². The second-order valence-corrected chi connectivity index (χ2v) is 6.87. The Bertz CT molecular complexity index is 924. The molecular formula is C18H17N5O2S. The van der Waals surface area contributed by atoms with Gasteiger partial charge in [0.2, 0.25) is 11.8 Å². The molecule has 1 aromatic carbocycles. The number of benzene rings is 1. The normalized spacial score (nSPS) is 10.5. The summed E-state index contributed by atoms with van der Waals surface area (Å²) in [6, 6.07) is 9.55. The number of hydrogen-bond acceptors (Lipinski definition) is 7. The van der Waals surface area contributed by atoms with Crippen LogP contribution in [0.2, 0.25) is 0 Å². The number of carbonyl (C=O) groups excluding carboxylic acids is 1. The van der Waals surface area contributed by atoms with E-state index in [1.165, 1.54) is 11.3 Å². The molecule has 0 saturated carbocycles. The van der Waals surface area contributed by atoms with Crippen molar-refractivity contribution < 1.29 is 9.32 Å². The number of carbonyl (C=O) groups is 1. The zero-order chi connectivity index (χ0) is 18.4. The highest BCUT2D eigenvalue weighted by molar-refractivity contribution is 7.15. The molecule has 26 heavy (non-hydrogen) atoms. The molecule has 0 bridgehead atoms. The number of nitrogens with zero attached hydrogens (tertiary/aromatic N) is 4. The Hall–Kier alpha value is -3.05. The lowest BCUT2D eigenvalue weighted by atomic mass is 10.1. The van der Waals surface area contributed by atoms with Crippen LogP contribution in [0.15, 0.2) is 35.0 Å². The Balaban J connectivity index is 1.46. The number of thiazole rings is 1. The summed E-state index contributed by atoms with van der Waals surface area (Å²) in [5.74, 6) is 1.07. The van der Waals surface area contributed by atoms with E-state index in [1.807, 2.05) is 12.1 Å². The Morgan fingerprint density at radius 3 is 2.85 bits per heavy atom. The maximum absolute atomic E-state index is 12.0. The average molecular weight is 367 g/mol. The van der Waals surface area contributed by atoms with Gasteiger partial charge in [0.1, 0.15) is 0 Å². The van der Waals surface area contributed by atoms with Crippen LogP contribution in [0.5, 0.6) is 0 Å². The number of nitriles is 1. The predicted octanol–water partition coefficient (Wildman–Crippen LogP) is 3.26. The highest BCUT2D eigenvalue weighted by Gasteiger charge is 2.09. The number of aromatic nitrogens is 3. The Labute approximate surface area is 154 Å². The molecule has 0 aliphatic heterocycles. The first-order valence-electron chi connectivity index (χ1n) is 8.15. The summed E-state index contributed by atoms with van der Waals surface area (Å²) in [7, 11) is 0. The van der Waals surface area contributed by atoms with E-state index in [9.17, 15) is 4.79 Å². The summed E-state index contributed by atoms with van der Waals surface area (Å²) in [4.78, 5) is 21.4. The highest BCUT2D eigenvalue weighted by atomic mass is 32.1. The molecule has 132 valence electrons. The van der Waals surface area contributed by atoms with Gasteiger partial charge in [-0.15, -0.1) is 11.3 Å². The summed E-state index contributed by atoms with van der Waals surface area (Å²) in [5.41, 5.74) is 1.74. The van der Waals surface area contributed by atoms with Crippen molar-refractivity contribution >= 4 is 22.4 Å². The second kappa shape index (κ2) is 8.36. The Morgan fingerprint density at radius 1 is 1.35 bits per heavy atom. The van der Waals surface area contributed by atoms with E-state index in [1.54, 1.807) is 25.3 Å². The van der Waals surface area contributed by atoms with Gasteiger partial charge in [-0.1, -0.05) is 17.3 Å². The molecule has 8 heteroatoms. The van der Waals surface area contributed by atoms with Crippen LogP contribution in [-0.2, 0) is 17.6 Å². The van der Waals surface area contributed by atoms with Gasteiger partial charge < -0.3 is 9.84 Å². The molecule has 0 spiro atoms.